The van der Waals surface area contributed by atoms with E-state index in [9.17, 15) is 9.18 Å². The molecule has 3 atom stereocenters. The standard InChI is InChI=1S/C37H39FO4/c1-23-20-31(34-27(5)35(24(2)25(3)36(34)42-23)41-22-28-12-8-6-9-13-28)18-19-40-37(39)26(4)30-16-17-32(33(38)21-30)29-14-10-7-11-15-29/h6-17,21,23,26,31H,18-20,22H2,1-5H3. The Kier molecular flexibility index (Phi) is 8.96. The van der Waals surface area contributed by atoms with Gasteiger partial charge in [-0.3, -0.25) is 4.79 Å². The lowest BCUT2D eigenvalue weighted by atomic mass is 9.82. The van der Waals surface area contributed by atoms with Crippen LogP contribution in [0.3, 0.4) is 0 Å². The summed E-state index contributed by atoms with van der Waals surface area (Å²) in [5, 5.41) is 0. The molecule has 218 valence electrons. The quantitative estimate of drug-likeness (QED) is 0.190. The van der Waals surface area contributed by atoms with Gasteiger partial charge < -0.3 is 14.2 Å². The number of ether oxygens (including phenoxy) is 3. The topological polar surface area (TPSA) is 44.8 Å². The molecule has 5 heteroatoms. The maximum atomic E-state index is 14.9. The number of rotatable bonds is 9. The van der Waals surface area contributed by atoms with E-state index in [1.807, 2.05) is 48.5 Å². The van der Waals surface area contributed by atoms with Crippen molar-refractivity contribution in [1.29, 1.82) is 0 Å². The Morgan fingerprint density at radius 1 is 0.952 bits per heavy atom. The molecule has 0 aliphatic carbocycles. The Balaban J connectivity index is 1.28. The minimum Gasteiger partial charge on any atom is -0.490 e. The monoisotopic (exact) mass is 566 g/mol. The minimum atomic E-state index is -0.574. The van der Waals surface area contributed by atoms with Gasteiger partial charge in [0.15, 0.2) is 0 Å². The van der Waals surface area contributed by atoms with Gasteiger partial charge in [-0.05, 0) is 92.8 Å². The molecule has 5 rings (SSSR count). The number of halogens is 1. The zero-order valence-electron chi connectivity index (χ0n) is 25.1. The first-order valence-corrected chi connectivity index (χ1v) is 14.7. The van der Waals surface area contributed by atoms with Crippen LogP contribution in [0.2, 0.25) is 0 Å². The molecule has 4 nitrogen and oxygen atoms in total. The first kappa shape index (κ1) is 29.4. The van der Waals surface area contributed by atoms with Crippen LogP contribution in [0.4, 0.5) is 4.39 Å². The molecule has 3 unspecified atom stereocenters. The molecule has 0 radical (unpaired) electrons. The van der Waals surface area contributed by atoms with E-state index in [4.69, 9.17) is 14.2 Å². The summed E-state index contributed by atoms with van der Waals surface area (Å²) in [6, 6.07) is 24.5. The van der Waals surface area contributed by atoms with Crippen LogP contribution in [0.15, 0.2) is 78.9 Å². The summed E-state index contributed by atoms with van der Waals surface area (Å²) in [6.07, 6.45) is 1.55. The predicted molar refractivity (Wildman–Crippen MR) is 165 cm³/mol. The average Bonchev–Trinajstić information content (AvgIpc) is 3.00. The highest BCUT2D eigenvalue weighted by Gasteiger charge is 2.32. The molecule has 0 amide bonds. The molecular weight excluding hydrogens is 527 g/mol. The van der Waals surface area contributed by atoms with Gasteiger partial charge in [0.25, 0.3) is 0 Å². The summed E-state index contributed by atoms with van der Waals surface area (Å²) in [7, 11) is 0. The molecule has 0 aromatic heterocycles. The van der Waals surface area contributed by atoms with E-state index in [0.29, 0.717) is 24.2 Å². The molecule has 1 heterocycles. The molecule has 0 fully saturated rings. The Morgan fingerprint density at radius 2 is 1.64 bits per heavy atom. The SMILES string of the molecule is Cc1c(C)c2c(c(C)c1OCc1ccccc1)C(CCOC(=O)C(C)c1ccc(-c3ccccc3)c(F)c1)CC(C)O2. The van der Waals surface area contributed by atoms with Gasteiger partial charge in [0.1, 0.15) is 23.9 Å². The van der Waals surface area contributed by atoms with Crippen molar-refractivity contribution in [3.05, 3.63) is 118 Å². The van der Waals surface area contributed by atoms with Gasteiger partial charge >= 0.3 is 5.97 Å². The van der Waals surface area contributed by atoms with Crippen LogP contribution in [0.25, 0.3) is 11.1 Å². The van der Waals surface area contributed by atoms with Crippen molar-refractivity contribution < 1.29 is 23.4 Å². The highest BCUT2D eigenvalue weighted by atomic mass is 19.1. The van der Waals surface area contributed by atoms with E-state index in [0.717, 1.165) is 51.3 Å². The minimum absolute atomic E-state index is 0.0526. The van der Waals surface area contributed by atoms with E-state index >= 15 is 0 Å². The predicted octanol–water partition coefficient (Wildman–Crippen LogP) is 8.99. The van der Waals surface area contributed by atoms with Gasteiger partial charge in [-0.2, -0.15) is 0 Å². The molecular formula is C37H39FO4. The van der Waals surface area contributed by atoms with Crippen molar-refractivity contribution in [3.8, 4) is 22.6 Å². The molecule has 4 aromatic carbocycles. The van der Waals surface area contributed by atoms with Crippen LogP contribution < -0.4 is 9.47 Å². The lowest BCUT2D eigenvalue weighted by Crippen LogP contribution is -2.26. The lowest BCUT2D eigenvalue weighted by molar-refractivity contribution is -0.145. The Bertz CT molecular complexity index is 1550. The van der Waals surface area contributed by atoms with Gasteiger partial charge in [-0.15, -0.1) is 0 Å². The van der Waals surface area contributed by atoms with Crippen molar-refractivity contribution in [3.63, 3.8) is 0 Å². The fourth-order valence-corrected chi connectivity index (χ4v) is 5.95. The third-order valence-corrected chi connectivity index (χ3v) is 8.44. The maximum absolute atomic E-state index is 14.9. The second-order valence-electron chi connectivity index (χ2n) is 11.4. The van der Waals surface area contributed by atoms with Crippen LogP contribution in [0.1, 0.15) is 71.9 Å². The molecule has 1 aliphatic rings. The zero-order chi connectivity index (χ0) is 29.8. The molecule has 4 aromatic rings. The second-order valence-corrected chi connectivity index (χ2v) is 11.4. The van der Waals surface area contributed by atoms with Crippen molar-refractivity contribution >= 4 is 5.97 Å². The first-order valence-electron chi connectivity index (χ1n) is 14.7. The van der Waals surface area contributed by atoms with Crippen molar-refractivity contribution in [2.75, 3.05) is 6.61 Å². The Labute approximate surface area is 248 Å². The molecule has 0 saturated carbocycles. The van der Waals surface area contributed by atoms with Crippen LogP contribution in [0.5, 0.6) is 11.5 Å². The molecule has 0 N–H and O–H groups in total. The summed E-state index contributed by atoms with van der Waals surface area (Å²) in [5.41, 5.74) is 7.42. The van der Waals surface area contributed by atoms with Crippen LogP contribution in [-0.2, 0) is 16.1 Å². The van der Waals surface area contributed by atoms with Crippen molar-refractivity contribution in [1.82, 2.24) is 0 Å². The fraction of sp³-hybridized carbons (Fsp3) is 0.324. The van der Waals surface area contributed by atoms with Gasteiger partial charge in [0.2, 0.25) is 0 Å². The molecule has 1 aliphatic heterocycles. The first-order chi connectivity index (χ1) is 20.2. The summed E-state index contributed by atoms with van der Waals surface area (Å²) in [4.78, 5) is 13.0. The molecule has 0 spiro atoms. The summed E-state index contributed by atoms with van der Waals surface area (Å²) in [6.45, 7) is 10.9. The van der Waals surface area contributed by atoms with Crippen LogP contribution in [-0.4, -0.2) is 18.7 Å². The van der Waals surface area contributed by atoms with E-state index in [-0.39, 0.29) is 30.4 Å². The Hall–Kier alpha value is -4.12. The van der Waals surface area contributed by atoms with E-state index in [1.165, 1.54) is 6.07 Å². The molecule has 0 saturated heterocycles. The molecule has 42 heavy (non-hydrogen) atoms. The second kappa shape index (κ2) is 12.8. The van der Waals surface area contributed by atoms with Crippen LogP contribution >= 0.6 is 0 Å². The number of carbonyl (C=O) groups excluding carboxylic acids is 1. The highest BCUT2D eigenvalue weighted by Crippen LogP contribution is 2.47. The van der Waals surface area contributed by atoms with Gasteiger partial charge in [0.05, 0.1) is 18.6 Å². The van der Waals surface area contributed by atoms with E-state index in [2.05, 4.69) is 39.8 Å². The molecule has 0 bridgehead atoms. The number of hydrogen-bond acceptors (Lipinski definition) is 4. The number of esters is 1. The normalized spacial score (nSPS) is 16.7. The van der Waals surface area contributed by atoms with Crippen molar-refractivity contribution in [2.45, 2.75) is 72.0 Å². The van der Waals surface area contributed by atoms with Gasteiger partial charge in [-0.25, -0.2) is 4.39 Å². The van der Waals surface area contributed by atoms with E-state index < -0.39 is 5.92 Å². The zero-order valence-corrected chi connectivity index (χ0v) is 25.1. The number of fused-ring (bicyclic) bond motifs is 1. The average molecular weight is 567 g/mol. The highest BCUT2D eigenvalue weighted by molar-refractivity contribution is 5.78. The lowest BCUT2D eigenvalue weighted by Gasteiger charge is -2.34. The van der Waals surface area contributed by atoms with Gasteiger partial charge in [0, 0.05) is 11.1 Å². The Morgan fingerprint density at radius 3 is 2.33 bits per heavy atom. The summed E-state index contributed by atoms with van der Waals surface area (Å²) >= 11 is 0. The summed E-state index contributed by atoms with van der Waals surface area (Å²) in [5.74, 6) is 0.700. The number of carbonyl (C=O) groups is 1. The third kappa shape index (κ3) is 6.20. The van der Waals surface area contributed by atoms with Gasteiger partial charge in [-0.1, -0.05) is 72.8 Å². The summed E-state index contributed by atoms with van der Waals surface area (Å²) < 4.78 is 33.4. The smallest absolute Gasteiger partial charge is 0.313 e. The van der Waals surface area contributed by atoms with E-state index in [1.54, 1.807) is 19.1 Å². The maximum Gasteiger partial charge on any atom is 0.313 e. The largest absolute Gasteiger partial charge is 0.490 e. The number of benzene rings is 4. The number of hydrogen-bond donors (Lipinski definition) is 0. The van der Waals surface area contributed by atoms with Crippen molar-refractivity contribution in [2.24, 2.45) is 0 Å². The fourth-order valence-electron chi connectivity index (χ4n) is 5.95. The van der Waals surface area contributed by atoms with Crippen LogP contribution in [0, 0.1) is 26.6 Å². The third-order valence-electron chi connectivity index (χ3n) is 8.44.